The number of nitrogens with zero attached hydrogens (tertiary/aromatic N) is 1. The lowest BCUT2D eigenvalue weighted by Gasteiger charge is -2.25. The number of carbonyl (C=O) groups excluding carboxylic acids is 1. The Morgan fingerprint density at radius 3 is 2.35 bits per heavy atom. The normalized spacial score (nSPS) is 16.9. The van der Waals surface area contributed by atoms with Crippen LogP contribution in [0.3, 0.4) is 0 Å². The van der Waals surface area contributed by atoms with Gasteiger partial charge in [0.05, 0.1) is 12.0 Å². The molecule has 1 aromatic carbocycles. The zero-order valence-corrected chi connectivity index (χ0v) is 12.3. The maximum atomic E-state index is 13.5. The van der Waals surface area contributed by atoms with Crippen molar-refractivity contribution in [2.45, 2.75) is 19.3 Å². The lowest BCUT2D eigenvalue weighted by atomic mass is 9.86. The average molecular weight is 323 g/mol. The van der Waals surface area contributed by atoms with E-state index in [1.807, 2.05) is 0 Å². The van der Waals surface area contributed by atoms with Gasteiger partial charge in [0.15, 0.2) is 17.5 Å². The number of ether oxygens (including phenoxy) is 1. The zero-order chi connectivity index (χ0) is 16.9. The van der Waals surface area contributed by atoms with Gasteiger partial charge >= 0.3 is 5.97 Å². The van der Waals surface area contributed by atoms with Gasteiger partial charge in [-0.15, -0.1) is 0 Å². The van der Waals surface area contributed by atoms with Gasteiger partial charge in [-0.2, -0.15) is 0 Å². The van der Waals surface area contributed by atoms with Crippen molar-refractivity contribution >= 4 is 5.97 Å². The fourth-order valence-electron chi connectivity index (χ4n) is 2.71. The molecule has 0 radical (unpaired) electrons. The topological polar surface area (TPSA) is 48.3 Å². The summed E-state index contributed by atoms with van der Waals surface area (Å²) in [6, 6.07) is 3.10. The van der Waals surface area contributed by atoms with E-state index in [4.69, 9.17) is 4.74 Å². The van der Waals surface area contributed by atoms with Crippen molar-refractivity contribution in [1.82, 2.24) is 4.57 Å². The van der Waals surface area contributed by atoms with Crippen LogP contribution >= 0.6 is 0 Å². The minimum atomic E-state index is -1.59. The molecule has 2 heterocycles. The molecule has 1 aliphatic heterocycles. The minimum Gasteiger partial charge on any atom is -0.426 e. The van der Waals surface area contributed by atoms with E-state index in [0.717, 1.165) is 12.1 Å². The maximum Gasteiger partial charge on any atom is 0.312 e. The molecule has 3 rings (SSSR count). The Kier molecular flexibility index (Phi) is 3.50. The number of aromatic nitrogens is 1. The molecule has 0 saturated heterocycles. The second kappa shape index (κ2) is 5.26. The molecule has 0 N–H and O–H groups in total. The van der Waals surface area contributed by atoms with E-state index in [-0.39, 0.29) is 23.3 Å². The highest BCUT2D eigenvalue weighted by atomic mass is 19.2. The highest BCUT2D eigenvalue weighted by Crippen LogP contribution is 2.37. The first kappa shape index (κ1) is 15.3. The van der Waals surface area contributed by atoms with Crippen LogP contribution in [0.2, 0.25) is 0 Å². The van der Waals surface area contributed by atoms with Crippen LogP contribution in [-0.2, 0) is 11.8 Å². The third-order valence-electron chi connectivity index (χ3n) is 4.02. The summed E-state index contributed by atoms with van der Waals surface area (Å²) in [5, 5.41) is 0. The molecule has 4 nitrogen and oxygen atoms in total. The van der Waals surface area contributed by atoms with Gasteiger partial charge in [-0.05, 0) is 24.6 Å². The number of hydrogen-bond donors (Lipinski definition) is 0. The highest BCUT2D eigenvalue weighted by molar-refractivity contribution is 5.77. The average Bonchev–Trinajstić information content (AvgIpc) is 2.49. The van der Waals surface area contributed by atoms with Gasteiger partial charge in [0.1, 0.15) is 5.75 Å². The Labute approximate surface area is 129 Å². The molecule has 0 amide bonds. The van der Waals surface area contributed by atoms with E-state index >= 15 is 0 Å². The molecule has 1 aliphatic rings. The smallest absolute Gasteiger partial charge is 0.312 e. The summed E-state index contributed by atoms with van der Waals surface area (Å²) in [7, 11) is 1.54. The Bertz CT molecular complexity index is 866. The third-order valence-corrected chi connectivity index (χ3v) is 4.02. The Hall–Kier alpha value is -2.57. The summed E-state index contributed by atoms with van der Waals surface area (Å²) < 4.78 is 46.6. The number of carbonyl (C=O) groups is 1. The van der Waals surface area contributed by atoms with Gasteiger partial charge < -0.3 is 9.30 Å². The third kappa shape index (κ3) is 2.42. The van der Waals surface area contributed by atoms with Crippen molar-refractivity contribution in [1.29, 1.82) is 0 Å². The molecular weight excluding hydrogens is 311 g/mol. The summed E-state index contributed by atoms with van der Waals surface area (Å²) in [6.45, 7) is 1.66. The van der Waals surface area contributed by atoms with E-state index in [1.165, 1.54) is 17.7 Å². The molecule has 0 spiro atoms. The van der Waals surface area contributed by atoms with Crippen molar-refractivity contribution in [2.24, 2.45) is 7.05 Å². The molecule has 0 bridgehead atoms. The quantitative estimate of drug-likeness (QED) is 0.599. The zero-order valence-electron chi connectivity index (χ0n) is 12.3. The SMILES string of the molecule is Cc1cc2c(c(=O)n1C)C(c1cc(F)c(F)c(F)c1)CC(=O)O2. The van der Waals surface area contributed by atoms with E-state index in [0.29, 0.717) is 5.69 Å². The Morgan fingerprint density at radius 1 is 1.13 bits per heavy atom. The molecule has 1 unspecified atom stereocenters. The fraction of sp³-hybridized carbons (Fsp3) is 0.250. The number of aryl methyl sites for hydroxylation is 1. The first-order chi connectivity index (χ1) is 10.8. The summed E-state index contributed by atoms with van der Waals surface area (Å²) in [4.78, 5) is 24.2. The summed E-state index contributed by atoms with van der Waals surface area (Å²) >= 11 is 0. The van der Waals surface area contributed by atoms with Crippen molar-refractivity contribution in [2.75, 3.05) is 0 Å². The predicted octanol–water partition coefficient (Wildman–Crippen LogP) is 2.55. The van der Waals surface area contributed by atoms with Gasteiger partial charge in [0, 0.05) is 24.7 Å². The Morgan fingerprint density at radius 2 is 1.74 bits per heavy atom. The number of pyridine rings is 1. The molecule has 120 valence electrons. The van der Waals surface area contributed by atoms with Gasteiger partial charge in [-0.3, -0.25) is 9.59 Å². The van der Waals surface area contributed by atoms with Gasteiger partial charge in [0.2, 0.25) is 0 Å². The first-order valence-corrected chi connectivity index (χ1v) is 6.85. The van der Waals surface area contributed by atoms with E-state index in [1.54, 1.807) is 6.92 Å². The maximum absolute atomic E-state index is 13.5. The van der Waals surface area contributed by atoms with Crippen molar-refractivity contribution in [3.8, 4) is 5.75 Å². The van der Waals surface area contributed by atoms with Crippen LogP contribution in [-0.4, -0.2) is 10.5 Å². The summed E-state index contributed by atoms with van der Waals surface area (Å²) in [6.07, 6.45) is -0.254. The highest BCUT2D eigenvalue weighted by Gasteiger charge is 2.33. The standard InChI is InChI=1S/C16H12F3NO3/c1-7-3-12-14(16(22)20(7)2)9(6-13(21)23-12)8-4-10(17)15(19)11(18)5-8/h3-5,9H,6H2,1-2H3. The fourth-order valence-corrected chi connectivity index (χ4v) is 2.71. The van der Waals surface area contributed by atoms with Crippen LogP contribution in [0.4, 0.5) is 13.2 Å². The Balaban J connectivity index is 2.26. The molecule has 7 heteroatoms. The largest absolute Gasteiger partial charge is 0.426 e. The molecule has 2 aromatic rings. The lowest BCUT2D eigenvalue weighted by Crippen LogP contribution is -2.32. The number of esters is 1. The van der Waals surface area contributed by atoms with Crippen molar-refractivity contribution < 1.29 is 22.7 Å². The number of halogens is 3. The van der Waals surface area contributed by atoms with E-state index in [9.17, 15) is 22.8 Å². The second-order valence-corrected chi connectivity index (χ2v) is 5.46. The monoisotopic (exact) mass is 323 g/mol. The number of hydrogen-bond acceptors (Lipinski definition) is 3. The van der Waals surface area contributed by atoms with Crippen molar-refractivity contribution in [3.63, 3.8) is 0 Å². The van der Waals surface area contributed by atoms with Gasteiger partial charge in [-0.25, -0.2) is 13.2 Å². The van der Waals surface area contributed by atoms with Crippen LogP contribution in [0.25, 0.3) is 0 Å². The number of rotatable bonds is 1. The van der Waals surface area contributed by atoms with Crippen LogP contribution in [0.5, 0.6) is 5.75 Å². The van der Waals surface area contributed by atoms with Gasteiger partial charge in [0.25, 0.3) is 5.56 Å². The summed E-state index contributed by atoms with van der Waals surface area (Å²) in [5.41, 5.74) is 0.282. The van der Waals surface area contributed by atoms with Crippen molar-refractivity contribution in [3.05, 3.63) is 62.8 Å². The molecule has 0 aliphatic carbocycles. The molecular formula is C16H12F3NO3. The minimum absolute atomic E-state index is 0.0141. The first-order valence-electron chi connectivity index (χ1n) is 6.85. The van der Waals surface area contributed by atoms with Crippen LogP contribution < -0.4 is 10.3 Å². The number of fused-ring (bicyclic) bond motifs is 1. The van der Waals surface area contributed by atoms with Crippen LogP contribution in [0, 0.1) is 24.4 Å². The molecule has 1 atom stereocenters. The van der Waals surface area contributed by atoms with Gasteiger partial charge in [-0.1, -0.05) is 0 Å². The van der Waals surface area contributed by atoms with Crippen LogP contribution in [0.15, 0.2) is 23.0 Å². The number of benzene rings is 1. The van der Waals surface area contributed by atoms with Crippen LogP contribution in [0.1, 0.15) is 29.2 Å². The van der Waals surface area contributed by atoms with E-state index < -0.39 is 34.9 Å². The molecule has 0 fully saturated rings. The van der Waals surface area contributed by atoms with E-state index in [2.05, 4.69) is 0 Å². The second-order valence-electron chi connectivity index (χ2n) is 5.46. The molecule has 0 saturated carbocycles. The molecule has 1 aromatic heterocycles. The molecule has 23 heavy (non-hydrogen) atoms. The lowest BCUT2D eigenvalue weighted by molar-refractivity contribution is -0.135. The predicted molar refractivity (Wildman–Crippen MR) is 74.8 cm³/mol. The summed E-state index contributed by atoms with van der Waals surface area (Å²) in [5.74, 6) is -5.79.